The van der Waals surface area contributed by atoms with E-state index in [-0.39, 0.29) is 11.8 Å². The Morgan fingerprint density at radius 1 is 1.36 bits per heavy atom. The van der Waals surface area contributed by atoms with Gasteiger partial charge >= 0.3 is 0 Å². The molecular weight excluding hydrogens is 140 g/mol. The summed E-state index contributed by atoms with van der Waals surface area (Å²) in [5, 5.41) is 0. The summed E-state index contributed by atoms with van der Waals surface area (Å²) >= 11 is 0. The molecule has 3 nitrogen and oxygen atoms in total. The Hall–Kier alpha value is -1.09. The maximum atomic E-state index is 11.2. The highest BCUT2D eigenvalue weighted by molar-refractivity contribution is 5.81. The van der Waals surface area contributed by atoms with Crippen LogP contribution in [0.15, 0.2) is 24.3 Å². The number of fused-ring (bicyclic) bond motifs is 1. The molecule has 3 heteroatoms. The highest BCUT2D eigenvalue weighted by Crippen LogP contribution is 2.20. The van der Waals surface area contributed by atoms with E-state index in [0.29, 0.717) is 5.92 Å². The number of carbonyl (C=O) groups is 1. The molecule has 0 aromatic rings. The van der Waals surface area contributed by atoms with E-state index in [9.17, 15) is 4.79 Å². The van der Waals surface area contributed by atoms with Gasteiger partial charge in [-0.05, 0) is 0 Å². The van der Waals surface area contributed by atoms with Gasteiger partial charge in [0.25, 0.3) is 0 Å². The molecule has 2 unspecified atom stereocenters. The number of hydrogen-bond acceptors (Lipinski definition) is 2. The summed E-state index contributed by atoms with van der Waals surface area (Å²) in [5.74, 6) is 0.455. The summed E-state index contributed by atoms with van der Waals surface area (Å²) < 4.78 is 0. The minimum atomic E-state index is 0.0428. The molecule has 0 spiro atoms. The molecule has 0 saturated carbocycles. The molecule has 0 bridgehead atoms. The van der Waals surface area contributed by atoms with Crippen molar-refractivity contribution in [1.29, 1.82) is 0 Å². The molecule has 2 N–H and O–H groups in total. The molecule has 0 aromatic carbocycles. The van der Waals surface area contributed by atoms with Crippen LogP contribution in [0.25, 0.3) is 0 Å². The zero-order valence-electron chi connectivity index (χ0n) is 6.08. The van der Waals surface area contributed by atoms with Gasteiger partial charge in [0.2, 0.25) is 5.91 Å². The Kier molecular flexibility index (Phi) is 1.51. The van der Waals surface area contributed by atoms with Gasteiger partial charge in [-0.25, -0.2) is 5.43 Å². The Morgan fingerprint density at radius 2 is 2.18 bits per heavy atom. The third-order valence-corrected chi connectivity index (χ3v) is 2.10. The molecule has 2 rings (SSSR count). The molecule has 1 aliphatic carbocycles. The van der Waals surface area contributed by atoms with Crippen molar-refractivity contribution in [2.45, 2.75) is 0 Å². The van der Waals surface area contributed by atoms with Crippen LogP contribution in [0.3, 0.4) is 0 Å². The van der Waals surface area contributed by atoms with Crippen LogP contribution in [0.5, 0.6) is 0 Å². The van der Waals surface area contributed by atoms with E-state index in [1.807, 2.05) is 18.2 Å². The standard InChI is InChI=1S/C8H10N2O/c11-8-7-4-2-1-3-6(7)5-9-10-8/h1-4,6-7,9H,5H2,(H,10,11). The first-order chi connectivity index (χ1) is 5.38. The van der Waals surface area contributed by atoms with Gasteiger partial charge in [0, 0.05) is 12.5 Å². The molecule has 1 aliphatic heterocycles. The lowest BCUT2D eigenvalue weighted by Crippen LogP contribution is -2.51. The van der Waals surface area contributed by atoms with E-state index in [0.717, 1.165) is 6.54 Å². The molecule has 0 aromatic heterocycles. The predicted octanol–water partition coefficient (Wildman–Crippen LogP) is -0.0208. The van der Waals surface area contributed by atoms with E-state index in [2.05, 4.69) is 16.9 Å². The fraction of sp³-hybridized carbons (Fsp3) is 0.375. The average molecular weight is 150 g/mol. The SMILES string of the molecule is O=C1NNCC2C=CC=CC12. The van der Waals surface area contributed by atoms with Gasteiger partial charge in [-0.3, -0.25) is 10.2 Å². The van der Waals surface area contributed by atoms with E-state index in [1.165, 1.54) is 0 Å². The Bertz CT molecular complexity index is 232. The first-order valence-corrected chi connectivity index (χ1v) is 3.75. The maximum Gasteiger partial charge on any atom is 0.241 e. The van der Waals surface area contributed by atoms with Gasteiger partial charge in [-0.2, -0.15) is 0 Å². The fourth-order valence-electron chi connectivity index (χ4n) is 1.47. The van der Waals surface area contributed by atoms with E-state index < -0.39 is 0 Å². The van der Waals surface area contributed by atoms with Crippen LogP contribution in [0.1, 0.15) is 0 Å². The number of rotatable bonds is 0. The minimum Gasteiger partial charge on any atom is -0.291 e. The monoisotopic (exact) mass is 150 g/mol. The predicted molar refractivity (Wildman–Crippen MR) is 41.4 cm³/mol. The van der Waals surface area contributed by atoms with Crippen LogP contribution in [-0.4, -0.2) is 12.5 Å². The summed E-state index contributed by atoms with van der Waals surface area (Å²) in [6, 6.07) is 0. The van der Waals surface area contributed by atoms with Crippen molar-refractivity contribution in [3.8, 4) is 0 Å². The summed E-state index contributed by atoms with van der Waals surface area (Å²) in [7, 11) is 0. The van der Waals surface area contributed by atoms with Crippen molar-refractivity contribution < 1.29 is 4.79 Å². The van der Waals surface area contributed by atoms with Gasteiger partial charge in [0.1, 0.15) is 0 Å². The quantitative estimate of drug-likeness (QED) is 0.509. The normalized spacial score (nSPS) is 34.7. The molecule has 58 valence electrons. The highest BCUT2D eigenvalue weighted by atomic mass is 16.2. The second-order valence-electron chi connectivity index (χ2n) is 2.83. The fourth-order valence-corrected chi connectivity index (χ4v) is 1.47. The molecule has 0 radical (unpaired) electrons. The highest BCUT2D eigenvalue weighted by Gasteiger charge is 2.28. The molecule has 1 saturated heterocycles. The summed E-state index contributed by atoms with van der Waals surface area (Å²) in [4.78, 5) is 11.2. The number of amides is 1. The van der Waals surface area contributed by atoms with E-state index >= 15 is 0 Å². The van der Waals surface area contributed by atoms with Crippen molar-refractivity contribution in [2.24, 2.45) is 11.8 Å². The van der Waals surface area contributed by atoms with Gasteiger partial charge in [0.05, 0.1) is 5.92 Å². The maximum absolute atomic E-state index is 11.2. The van der Waals surface area contributed by atoms with Crippen LogP contribution >= 0.6 is 0 Å². The summed E-state index contributed by atoms with van der Waals surface area (Å²) in [5.41, 5.74) is 5.46. The second kappa shape index (κ2) is 2.51. The number of carbonyl (C=O) groups excluding carboxylic acids is 1. The third-order valence-electron chi connectivity index (χ3n) is 2.10. The molecule has 11 heavy (non-hydrogen) atoms. The molecule has 1 amide bonds. The van der Waals surface area contributed by atoms with E-state index in [1.54, 1.807) is 0 Å². The number of allylic oxidation sites excluding steroid dienone is 2. The van der Waals surface area contributed by atoms with Crippen molar-refractivity contribution >= 4 is 5.91 Å². The lowest BCUT2D eigenvalue weighted by atomic mass is 9.87. The lowest BCUT2D eigenvalue weighted by Gasteiger charge is -2.28. The Morgan fingerprint density at radius 3 is 3.00 bits per heavy atom. The van der Waals surface area contributed by atoms with Crippen LogP contribution in [0.2, 0.25) is 0 Å². The van der Waals surface area contributed by atoms with Crippen LogP contribution in [0, 0.1) is 11.8 Å². The number of nitrogens with one attached hydrogen (secondary N) is 2. The third kappa shape index (κ3) is 1.07. The van der Waals surface area contributed by atoms with Crippen molar-refractivity contribution in [3.63, 3.8) is 0 Å². The molecule has 2 aliphatic rings. The molecular formula is C8H10N2O. The zero-order valence-corrected chi connectivity index (χ0v) is 6.08. The molecule has 1 heterocycles. The summed E-state index contributed by atoms with van der Waals surface area (Å²) in [6.45, 7) is 0.831. The van der Waals surface area contributed by atoms with Crippen LogP contribution in [0.4, 0.5) is 0 Å². The number of hydrogen-bond donors (Lipinski definition) is 2. The molecule has 1 fully saturated rings. The van der Waals surface area contributed by atoms with Gasteiger partial charge in [-0.1, -0.05) is 24.3 Å². The topological polar surface area (TPSA) is 41.1 Å². The zero-order chi connectivity index (χ0) is 7.68. The van der Waals surface area contributed by atoms with E-state index in [4.69, 9.17) is 0 Å². The summed E-state index contributed by atoms with van der Waals surface area (Å²) in [6.07, 6.45) is 7.92. The van der Waals surface area contributed by atoms with Gasteiger partial charge in [0.15, 0.2) is 0 Å². The average Bonchev–Trinajstić information content (AvgIpc) is 2.06. The first-order valence-electron chi connectivity index (χ1n) is 3.75. The lowest BCUT2D eigenvalue weighted by molar-refractivity contribution is -0.127. The smallest absolute Gasteiger partial charge is 0.241 e. The Labute approximate surface area is 65.1 Å². The molecule has 2 atom stereocenters. The van der Waals surface area contributed by atoms with Crippen molar-refractivity contribution in [3.05, 3.63) is 24.3 Å². The van der Waals surface area contributed by atoms with Gasteiger partial charge < -0.3 is 0 Å². The Balaban J connectivity index is 2.20. The van der Waals surface area contributed by atoms with Gasteiger partial charge in [-0.15, -0.1) is 0 Å². The second-order valence-corrected chi connectivity index (χ2v) is 2.83. The first kappa shape index (κ1) is 6.61. The van der Waals surface area contributed by atoms with Crippen LogP contribution < -0.4 is 10.9 Å². The van der Waals surface area contributed by atoms with Crippen molar-refractivity contribution in [2.75, 3.05) is 6.54 Å². The number of hydrazine groups is 1. The van der Waals surface area contributed by atoms with Crippen molar-refractivity contribution in [1.82, 2.24) is 10.9 Å². The minimum absolute atomic E-state index is 0.0428. The largest absolute Gasteiger partial charge is 0.291 e. The van der Waals surface area contributed by atoms with Crippen LogP contribution in [-0.2, 0) is 4.79 Å².